The van der Waals surface area contributed by atoms with Gasteiger partial charge in [0.15, 0.2) is 4.96 Å². The number of benzene rings is 3. The van der Waals surface area contributed by atoms with Crippen molar-refractivity contribution in [1.82, 2.24) is 9.38 Å². The highest BCUT2D eigenvalue weighted by atomic mass is 32.1. The minimum absolute atomic E-state index is 0.0573. The van der Waals surface area contributed by atoms with Gasteiger partial charge in [0.25, 0.3) is 5.56 Å². The highest BCUT2D eigenvalue weighted by Crippen LogP contribution is 2.21. The molecule has 5 rings (SSSR count). The van der Waals surface area contributed by atoms with Crippen LogP contribution < -0.4 is 19.6 Å². The second-order valence-electron chi connectivity index (χ2n) is 7.71. The van der Waals surface area contributed by atoms with Crippen molar-refractivity contribution in [2.24, 2.45) is 5.92 Å². The molecule has 2 aromatic heterocycles. The molecule has 2 heterocycles. The minimum Gasteiger partial charge on any atom is -0.493 e. The molecule has 0 fully saturated rings. The van der Waals surface area contributed by atoms with Crippen molar-refractivity contribution in [3.63, 3.8) is 0 Å². The van der Waals surface area contributed by atoms with Crippen LogP contribution in [0.3, 0.4) is 0 Å². The third-order valence-electron chi connectivity index (χ3n) is 5.15. The van der Waals surface area contributed by atoms with Gasteiger partial charge in [-0.15, -0.1) is 0 Å². The molecule has 0 amide bonds. The molecule has 1 atom stereocenters. The standard InChI is InChI=1S/C26H22N2O3S/c1-18(16-30-20-10-3-2-4-11-20)17-31-23-14-8-5-9-19(23)15-24-25(29)28-22-13-7-6-12-21(22)27-26(28)32-24/h2-15,18H,16-17H2,1H3/t18-/m1/s1. The maximum atomic E-state index is 13.0. The van der Waals surface area contributed by atoms with E-state index in [1.165, 1.54) is 11.3 Å². The Balaban J connectivity index is 1.36. The van der Waals surface area contributed by atoms with Gasteiger partial charge < -0.3 is 9.47 Å². The molecule has 0 spiro atoms. The molecule has 5 nitrogen and oxygen atoms in total. The van der Waals surface area contributed by atoms with Gasteiger partial charge in [-0.25, -0.2) is 9.38 Å². The van der Waals surface area contributed by atoms with E-state index in [1.807, 2.05) is 84.9 Å². The van der Waals surface area contributed by atoms with E-state index in [1.54, 1.807) is 4.40 Å². The number of imidazole rings is 1. The summed E-state index contributed by atoms with van der Waals surface area (Å²) in [6.45, 7) is 3.17. The monoisotopic (exact) mass is 442 g/mol. The molecule has 0 saturated heterocycles. The first kappa shape index (κ1) is 20.3. The van der Waals surface area contributed by atoms with Crippen molar-refractivity contribution in [2.75, 3.05) is 13.2 Å². The number of ether oxygens (including phenoxy) is 2. The van der Waals surface area contributed by atoms with Gasteiger partial charge in [-0.3, -0.25) is 4.79 Å². The van der Waals surface area contributed by atoms with E-state index in [4.69, 9.17) is 9.47 Å². The molecule has 0 aliphatic carbocycles. The first-order valence-electron chi connectivity index (χ1n) is 10.5. The van der Waals surface area contributed by atoms with E-state index in [9.17, 15) is 4.79 Å². The van der Waals surface area contributed by atoms with E-state index in [0.29, 0.717) is 22.7 Å². The Hall–Kier alpha value is -3.64. The average Bonchev–Trinajstić information content (AvgIpc) is 3.34. The minimum atomic E-state index is -0.0573. The highest BCUT2D eigenvalue weighted by molar-refractivity contribution is 7.15. The number of para-hydroxylation sites is 4. The maximum Gasteiger partial charge on any atom is 0.274 e. The molecular weight excluding hydrogens is 420 g/mol. The fourth-order valence-electron chi connectivity index (χ4n) is 3.52. The number of hydrogen-bond acceptors (Lipinski definition) is 5. The van der Waals surface area contributed by atoms with E-state index in [0.717, 1.165) is 28.1 Å². The maximum absolute atomic E-state index is 13.0. The second kappa shape index (κ2) is 8.85. The lowest BCUT2D eigenvalue weighted by Crippen LogP contribution is -2.22. The van der Waals surface area contributed by atoms with Crippen molar-refractivity contribution in [3.8, 4) is 11.5 Å². The molecule has 3 aromatic carbocycles. The quantitative estimate of drug-likeness (QED) is 0.371. The third-order valence-corrected chi connectivity index (χ3v) is 6.12. The zero-order valence-corrected chi connectivity index (χ0v) is 18.4. The predicted octanol–water partition coefficient (Wildman–Crippen LogP) is 4.55. The molecule has 0 N–H and O–H groups in total. The molecule has 0 saturated carbocycles. The predicted molar refractivity (Wildman–Crippen MR) is 129 cm³/mol. The Morgan fingerprint density at radius 1 is 0.938 bits per heavy atom. The number of aromatic nitrogens is 2. The van der Waals surface area contributed by atoms with Crippen LogP contribution in [0.2, 0.25) is 0 Å². The lowest BCUT2D eigenvalue weighted by atomic mass is 10.2. The van der Waals surface area contributed by atoms with Crippen LogP contribution in [0.1, 0.15) is 12.5 Å². The number of hydrogen-bond donors (Lipinski definition) is 0. The van der Waals surface area contributed by atoms with E-state index in [-0.39, 0.29) is 11.5 Å². The van der Waals surface area contributed by atoms with E-state index >= 15 is 0 Å². The van der Waals surface area contributed by atoms with Gasteiger partial charge in [0.2, 0.25) is 0 Å². The van der Waals surface area contributed by atoms with Crippen molar-refractivity contribution >= 4 is 33.4 Å². The van der Waals surface area contributed by atoms with Crippen LogP contribution in [-0.2, 0) is 0 Å². The van der Waals surface area contributed by atoms with Crippen LogP contribution in [0.5, 0.6) is 11.5 Å². The van der Waals surface area contributed by atoms with Gasteiger partial charge in [-0.2, -0.15) is 0 Å². The number of thiazole rings is 1. The molecule has 5 aromatic rings. The Morgan fingerprint density at radius 3 is 2.53 bits per heavy atom. The fourth-order valence-corrected chi connectivity index (χ4v) is 4.50. The number of fused-ring (bicyclic) bond motifs is 3. The Bertz CT molecular complexity index is 1470. The molecule has 6 heteroatoms. The van der Waals surface area contributed by atoms with Crippen LogP contribution in [0.4, 0.5) is 0 Å². The topological polar surface area (TPSA) is 52.8 Å². The normalized spacial score (nSPS) is 13.0. The smallest absolute Gasteiger partial charge is 0.274 e. The van der Waals surface area contributed by atoms with E-state index in [2.05, 4.69) is 11.9 Å². The molecule has 0 aliphatic rings. The number of nitrogens with zero attached hydrogens (tertiary/aromatic N) is 2. The SMILES string of the molecule is C[C@H](COc1ccccc1)COc1ccccc1C=c1sc2nc3ccccc3n2c1=O. The Labute approximate surface area is 189 Å². The van der Waals surface area contributed by atoms with Crippen LogP contribution >= 0.6 is 11.3 Å². The molecule has 0 radical (unpaired) electrons. The molecule has 32 heavy (non-hydrogen) atoms. The average molecular weight is 443 g/mol. The van der Waals surface area contributed by atoms with Crippen LogP contribution in [0, 0.1) is 5.92 Å². The highest BCUT2D eigenvalue weighted by Gasteiger charge is 2.12. The summed E-state index contributed by atoms with van der Waals surface area (Å²) in [4.78, 5) is 18.3. The second-order valence-corrected chi connectivity index (χ2v) is 8.72. The first-order chi connectivity index (χ1) is 15.7. The van der Waals surface area contributed by atoms with Gasteiger partial charge in [0.1, 0.15) is 11.5 Å². The van der Waals surface area contributed by atoms with Gasteiger partial charge in [0, 0.05) is 11.5 Å². The lowest BCUT2D eigenvalue weighted by Gasteiger charge is -2.15. The van der Waals surface area contributed by atoms with E-state index < -0.39 is 0 Å². The summed E-state index contributed by atoms with van der Waals surface area (Å²) in [6, 6.07) is 25.2. The Kier molecular flexibility index (Phi) is 5.60. The van der Waals surface area contributed by atoms with Gasteiger partial charge in [0.05, 0.1) is 28.8 Å². The summed E-state index contributed by atoms with van der Waals surface area (Å²) in [5.74, 6) is 1.80. The summed E-state index contributed by atoms with van der Waals surface area (Å²) in [7, 11) is 0. The third kappa shape index (κ3) is 4.09. The molecule has 0 unspecified atom stereocenters. The molecule has 0 bridgehead atoms. The van der Waals surface area contributed by atoms with Gasteiger partial charge in [-0.05, 0) is 36.4 Å². The van der Waals surface area contributed by atoms with Crippen molar-refractivity contribution < 1.29 is 9.47 Å². The largest absolute Gasteiger partial charge is 0.493 e. The van der Waals surface area contributed by atoms with Gasteiger partial charge in [-0.1, -0.05) is 66.8 Å². The summed E-state index contributed by atoms with van der Waals surface area (Å²) in [6.07, 6.45) is 1.89. The summed E-state index contributed by atoms with van der Waals surface area (Å²) in [5.41, 5.74) is 2.48. The molecule has 160 valence electrons. The molecule has 0 aliphatic heterocycles. The fraction of sp³-hybridized carbons (Fsp3) is 0.154. The van der Waals surface area contributed by atoms with Gasteiger partial charge >= 0.3 is 0 Å². The first-order valence-corrected chi connectivity index (χ1v) is 11.3. The zero-order valence-electron chi connectivity index (χ0n) is 17.6. The number of rotatable bonds is 7. The molecular formula is C26H22N2O3S. The van der Waals surface area contributed by atoms with Crippen LogP contribution in [0.15, 0.2) is 83.7 Å². The zero-order chi connectivity index (χ0) is 21.9. The lowest BCUT2D eigenvalue weighted by molar-refractivity contribution is 0.188. The van der Waals surface area contributed by atoms with Crippen molar-refractivity contribution in [1.29, 1.82) is 0 Å². The van der Waals surface area contributed by atoms with Crippen molar-refractivity contribution in [2.45, 2.75) is 6.92 Å². The van der Waals surface area contributed by atoms with Crippen LogP contribution in [0.25, 0.3) is 22.1 Å². The Morgan fingerprint density at radius 2 is 1.66 bits per heavy atom. The summed E-state index contributed by atoms with van der Waals surface area (Å²) < 4.78 is 14.2. The van der Waals surface area contributed by atoms with Crippen LogP contribution in [-0.4, -0.2) is 22.6 Å². The van der Waals surface area contributed by atoms with Crippen molar-refractivity contribution in [3.05, 3.63) is 99.3 Å². The summed E-state index contributed by atoms with van der Waals surface area (Å²) in [5, 5.41) is 0. The summed E-state index contributed by atoms with van der Waals surface area (Å²) >= 11 is 1.39.